The van der Waals surface area contributed by atoms with Crippen molar-refractivity contribution in [2.24, 2.45) is 5.41 Å². The van der Waals surface area contributed by atoms with Gasteiger partial charge in [-0.05, 0) is 11.6 Å². The van der Waals surface area contributed by atoms with E-state index in [1.165, 1.54) is 11.8 Å². The molecule has 30 heavy (non-hydrogen) atoms. The number of thiazole rings is 1. The summed E-state index contributed by atoms with van der Waals surface area (Å²) in [4.78, 5) is 41.7. The van der Waals surface area contributed by atoms with Crippen molar-refractivity contribution < 1.29 is 14.3 Å². The highest BCUT2D eigenvalue weighted by Gasteiger charge is 2.57. The number of H-pyrrole nitrogens is 1. The molecule has 2 aliphatic heterocycles. The number of para-hydroxylation sites is 1. The fourth-order valence-corrected chi connectivity index (χ4v) is 6.71. The minimum absolute atomic E-state index is 0.00377. The largest absolute Gasteiger partial charge is 0.426 e. The number of ether oxygens (including phenoxy) is 1. The number of aromatic nitrogens is 1. The number of fused-ring (bicyclic) bond motifs is 5. The third-order valence-corrected chi connectivity index (χ3v) is 7.93. The fraction of sp³-hybridized carbons (Fsp3) is 0.227. The summed E-state index contributed by atoms with van der Waals surface area (Å²) in [5.74, 6) is -0.167. The summed E-state index contributed by atoms with van der Waals surface area (Å²) >= 11 is 2.51. The van der Waals surface area contributed by atoms with Crippen LogP contribution < -0.4 is 14.9 Å². The van der Waals surface area contributed by atoms with Crippen molar-refractivity contribution >= 4 is 35.0 Å². The summed E-state index contributed by atoms with van der Waals surface area (Å²) < 4.78 is 5.67. The van der Waals surface area contributed by atoms with E-state index in [-0.39, 0.29) is 17.2 Å². The number of benzene rings is 2. The van der Waals surface area contributed by atoms with Gasteiger partial charge in [-0.2, -0.15) is 0 Å². The van der Waals surface area contributed by atoms with Gasteiger partial charge in [0.15, 0.2) is 0 Å². The Balaban J connectivity index is 1.51. The maximum absolute atomic E-state index is 13.2. The van der Waals surface area contributed by atoms with Gasteiger partial charge in [-0.1, -0.05) is 59.9 Å². The minimum atomic E-state index is -1.06. The number of aromatic amines is 1. The molecule has 2 N–H and O–H groups in total. The van der Waals surface area contributed by atoms with E-state index in [9.17, 15) is 14.4 Å². The molecule has 3 heterocycles. The van der Waals surface area contributed by atoms with Crippen LogP contribution in [0.3, 0.4) is 0 Å². The highest BCUT2D eigenvalue weighted by molar-refractivity contribution is 7.99. The average Bonchev–Trinajstić information content (AvgIpc) is 3.13. The van der Waals surface area contributed by atoms with Crippen LogP contribution >= 0.6 is 23.1 Å². The topological polar surface area (TPSA) is 88.3 Å². The van der Waals surface area contributed by atoms with Gasteiger partial charge < -0.3 is 15.0 Å². The first-order valence-electron chi connectivity index (χ1n) is 9.54. The van der Waals surface area contributed by atoms with Gasteiger partial charge in [0, 0.05) is 35.1 Å². The van der Waals surface area contributed by atoms with E-state index in [0.717, 1.165) is 32.4 Å². The second kappa shape index (κ2) is 7.45. The summed E-state index contributed by atoms with van der Waals surface area (Å²) in [6, 6.07) is 17.0. The molecule has 152 valence electrons. The Morgan fingerprint density at radius 3 is 2.73 bits per heavy atom. The molecule has 2 unspecified atom stereocenters. The molecule has 3 aromatic rings. The monoisotopic (exact) mass is 438 g/mol. The lowest BCUT2D eigenvalue weighted by atomic mass is 9.68. The molecule has 0 bridgehead atoms. The van der Waals surface area contributed by atoms with Crippen LogP contribution in [0.1, 0.15) is 28.3 Å². The molecule has 0 saturated carbocycles. The lowest BCUT2D eigenvalue weighted by Crippen LogP contribution is -2.50. The SMILES string of the molecule is O=C(CC12CSc3[nH]c(=O)sc3C1c1ccccc1OC2=O)NCc1ccccc1. The van der Waals surface area contributed by atoms with Crippen LogP contribution in [0.4, 0.5) is 0 Å². The molecule has 0 spiro atoms. The molecule has 2 atom stereocenters. The maximum atomic E-state index is 13.2. The number of carbonyl (C=O) groups excluding carboxylic acids is 2. The summed E-state index contributed by atoms with van der Waals surface area (Å²) in [5, 5.41) is 3.70. The van der Waals surface area contributed by atoms with E-state index in [1.807, 2.05) is 48.5 Å². The summed E-state index contributed by atoms with van der Waals surface area (Å²) in [6.45, 7) is 0.391. The Morgan fingerprint density at radius 2 is 1.90 bits per heavy atom. The first-order valence-corrected chi connectivity index (χ1v) is 11.3. The number of amides is 1. The smallest absolute Gasteiger partial charge is 0.319 e. The second-order valence-corrected chi connectivity index (χ2v) is 9.45. The van der Waals surface area contributed by atoms with Crippen molar-refractivity contribution in [2.45, 2.75) is 23.9 Å². The van der Waals surface area contributed by atoms with Crippen LogP contribution in [0.25, 0.3) is 0 Å². The van der Waals surface area contributed by atoms with Gasteiger partial charge in [-0.3, -0.25) is 14.4 Å². The maximum Gasteiger partial charge on any atom is 0.319 e. The van der Waals surface area contributed by atoms with Crippen molar-refractivity contribution in [3.63, 3.8) is 0 Å². The van der Waals surface area contributed by atoms with E-state index in [1.54, 1.807) is 6.07 Å². The molecule has 0 fully saturated rings. The Hall–Kier alpha value is -2.84. The van der Waals surface area contributed by atoms with Gasteiger partial charge in [0.2, 0.25) is 5.91 Å². The summed E-state index contributed by atoms with van der Waals surface area (Å²) in [6.07, 6.45) is -0.00377. The Kier molecular flexibility index (Phi) is 4.75. The number of thioether (sulfide) groups is 1. The predicted molar refractivity (Wildman–Crippen MR) is 115 cm³/mol. The Labute approximate surface area is 180 Å². The first kappa shape index (κ1) is 19.1. The van der Waals surface area contributed by atoms with Crippen molar-refractivity contribution in [2.75, 3.05) is 5.75 Å². The van der Waals surface area contributed by atoms with E-state index in [4.69, 9.17) is 4.74 Å². The Morgan fingerprint density at radius 1 is 1.13 bits per heavy atom. The second-order valence-electron chi connectivity index (χ2n) is 7.45. The lowest BCUT2D eigenvalue weighted by Gasteiger charge is -2.44. The summed E-state index contributed by atoms with van der Waals surface area (Å²) in [7, 11) is 0. The Bertz CT molecular complexity index is 1190. The van der Waals surface area contributed by atoms with E-state index < -0.39 is 17.3 Å². The van der Waals surface area contributed by atoms with Crippen molar-refractivity contribution in [3.8, 4) is 5.75 Å². The van der Waals surface area contributed by atoms with Gasteiger partial charge in [-0.25, -0.2) is 0 Å². The van der Waals surface area contributed by atoms with Crippen LogP contribution in [-0.4, -0.2) is 22.6 Å². The minimum Gasteiger partial charge on any atom is -0.426 e. The van der Waals surface area contributed by atoms with Gasteiger partial charge in [0.1, 0.15) is 5.75 Å². The van der Waals surface area contributed by atoms with Crippen molar-refractivity contribution in [3.05, 3.63) is 80.3 Å². The number of esters is 1. The van der Waals surface area contributed by atoms with Crippen LogP contribution in [0.2, 0.25) is 0 Å². The zero-order valence-electron chi connectivity index (χ0n) is 15.8. The quantitative estimate of drug-likeness (QED) is 0.482. The third-order valence-electron chi connectivity index (χ3n) is 5.58. The molecule has 0 aliphatic carbocycles. The molecule has 8 heteroatoms. The fourth-order valence-electron chi connectivity index (χ4n) is 4.16. The molecule has 2 aliphatic rings. The van der Waals surface area contributed by atoms with E-state index in [2.05, 4.69) is 10.3 Å². The number of rotatable bonds is 4. The number of nitrogens with one attached hydrogen (secondary N) is 2. The van der Waals surface area contributed by atoms with Crippen molar-refractivity contribution in [1.29, 1.82) is 0 Å². The van der Waals surface area contributed by atoms with E-state index >= 15 is 0 Å². The van der Waals surface area contributed by atoms with Crippen LogP contribution in [0, 0.1) is 5.41 Å². The van der Waals surface area contributed by atoms with Gasteiger partial charge >= 0.3 is 10.8 Å². The number of hydrogen-bond donors (Lipinski definition) is 2. The zero-order valence-corrected chi connectivity index (χ0v) is 17.5. The molecule has 2 aromatic carbocycles. The molecule has 1 amide bonds. The lowest BCUT2D eigenvalue weighted by molar-refractivity contribution is -0.150. The van der Waals surface area contributed by atoms with E-state index in [0.29, 0.717) is 18.0 Å². The molecule has 1 aromatic heterocycles. The number of hydrogen-bond acceptors (Lipinski definition) is 6. The zero-order chi connectivity index (χ0) is 20.7. The van der Waals surface area contributed by atoms with Gasteiger partial charge in [-0.15, -0.1) is 11.8 Å². The van der Waals surface area contributed by atoms with Crippen LogP contribution in [0.5, 0.6) is 5.75 Å². The highest BCUT2D eigenvalue weighted by atomic mass is 32.2. The number of carbonyl (C=O) groups is 2. The van der Waals surface area contributed by atoms with Gasteiger partial charge in [0.25, 0.3) is 0 Å². The molecule has 6 nitrogen and oxygen atoms in total. The highest BCUT2D eigenvalue weighted by Crippen LogP contribution is 2.58. The average molecular weight is 439 g/mol. The normalized spacial score (nSPS) is 21.7. The third kappa shape index (κ3) is 3.16. The van der Waals surface area contributed by atoms with Crippen LogP contribution in [0.15, 0.2) is 64.4 Å². The predicted octanol–water partition coefficient (Wildman–Crippen LogP) is 3.29. The molecular weight excluding hydrogens is 420 g/mol. The van der Waals surface area contributed by atoms with Gasteiger partial charge in [0.05, 0.1) is 10.4 Å². The molecule has 5 rings (SSSR count). The molecular formula is C22H18N2O4S2. The first-order chi connectivity index (χ1) is 14.6. The van der Waals surface area contributed by atoms with Crippen LogP contribution in [-0.2, 0) is 16.1 Å². The standard InChI is InChI=1S/C22H18N2O4S2/c25-16(23-11-13-6-2-1-3-7-13)10-22-12-29-19-18(30-21(27)24-19)17(22)14-8-4-5-9-15(14)28-20(22)26/h1-9,17H,10-12H2,(H,23,25)(H,24,27). The summed E-state index contributed by atoms with van der Waals surface area (Å²) in [5.41, 5.74) is 0.767. The molecule has 0 saturated heterocycles. The van der Waals surface area contributed by atoms with Crippen molar-refractivity contribution in [1.82, 2.24) is 10.3 Å². The molecule has 0 radical (unpaired) electrons.